The Hall–Kier alpha value is -3.19. The summed E-state index contributed by atoms with van der Waals surface area (Å²) in [6.07, 6.45) is 0. The molecule has 6 nitrogen and oxygen atoms in total. The van der Waals surface area contributed by atoms with Crippen molar-refractivity contribution in [1.29, 1.82) is 0 Å². The van der Waals surface area contributed by atoms with E-state index in [4.69, 9.17) is 0 Å². The molecule has 1 amide bonds. The van der Waals surface area contributed by atoms with Crippen molar-refractivity contribution in [1.82, 2.24) is 4.57 Å². The molecule has 1 heterocycles. The zero-order valence-corrected chi connectivity index (χ0v) is 19.1. The van der Waals surface area contributed by atoms with Crippen LogP contribution in [0, 0.1) is 34.6 Å². The Morgan fingerprint density at radius 3 is 2.10 bits per heavy atom. The number of hydrogen-bond donors (Lipinski definition) is 1. The molecule has 3 aromatic rings. The average Bonchev–Trinajstić information content (AvgIpc) is 2.67. The first-order valence-electron chi connectivity index (χ1n) is 9.90. The standard InChI is InChI=1S/C24H26N2O4S/c1-15-6-9-20(10-7-15)31(29,30)23-18(4)13-19(5)26(24(23)28)14-22(27)25-21-11-8-16(2)12-17(21)3/h6-13H,14H2,1-5H3,(H,25,27). The predicted octanol–water partition coefficient (Wildman–Crippen LogP) is 3.86. The molecule has 0 aliphatic carbocycles. The molecule has 0 spiro atoms. The van der Waals surface area contributed by atoms with Crippen molar-refractivity contribution in [3.63, 3.8) is 0 Å². The molecule has 0 unspecified atom stereocenters. The maximum atomic E-state index is 13.2. The summed E-state index contributed by atoms with van der Waals surface area (Å²) in [5.74, 6) is -0.403. The smallest absolute Gasteiger partial charge is 0.270 e. The van der Waals surface area contributed by atoms with Gasteiger partial charge in [-0.25, -0.2) is 8.42 Å². The topological polar surface area (TPSA) is 85.2 Å². The van der Waals surface area contributed by atoms with Crippen molar-refractivity contribution in [2.75, 3.05) is 5.32 Å². The monoisotopic (exact) mass is 438 g/mol. The van der Waals surface area contributed by atoms with Gasteiger partial charge < -0.3 is 9.88 Å². The highest BCUT2D eigenvalue weighted by atomic mass is 32.2. The minimum atomic E-state index is -4.03. The van der Waals surface area contributed by atoms with E-state index >= 15 is 0 Å². The van der Waals surface area contributed by atoms with E-state index in [1.54, 1.807) is 38.1 Å². The molecule has 0 atom stereocenters. The number of sulfone groups is 1. The summed E-state index contributed by atoms with van der Waals surface area (Å²) < 4.78 is 27.6. The summed E-state index contributed by atoms with van der Waals surface area (Å²) in [6, 6.07) is 13.6. The van der Waals surface area contributed by atoms with Crippen molar-refractivity contribution < 1.29 is 13.2 Å². The number of pyridine rings is 1. The number of carbonyl (C=O) groups excluding carboxylic acids is 1. The average molecular weight is 439 g/mol. The van der Waals surface area contributed by atoms with E-state index in [1.165, 1.54) is 16.7 Å². The summed E-state index contributed by atoms with van der Waals surface area (Å²) in [5, 5.41) is 2.80. The van der Waals surface area contributed by atoms with Crippen LogP contribution in [-0.2, 0) is 21.2 Å². The minimum absolute atomic E-state index is 0.0495. The van der Waals surface area contributed by atoms with Gasteiger partial charge >= 0.3 is 0 Å². The van der Waals surface area contributed by atoms with Gasteiger partial charge in [-0.2, -0.15) is 0 Å². The van der Waals surface area contributed by atoms with E-state index in [0.717, 1.165) is 16.7 Å². The lowest BCUT2D eigenvalue weighted by atomic mass is 10.1. The Morgan fingerprint density at radius 1 is 0.871 bits per heavy atom. The molecule has 0 saturated carbocycles. The van der Waals surface area contributed by atoms with Gasteiger partial charge in [-0.1, -0.05) is 35.4 Å². The molecule has 0 saturated heterocycles. The Morgan fingerprint density at radius 2 is 1.48 bits per heavy atom. The Balaban J connectivity index is 2.00. The number of rotatable bonds is 5. The van der Waals surface area contributed by atoms with Crippen molar-refractivity contribution in [3.8, 4) is 0 Å². The fraction of sp³-hybridized carbons (Fsp3) is 0.250. The van der Waals surface area contributed by atoms with Gasteiger partial charge in [0.2, 0.25) is 15.7 Å². The fourth-order valence-electron chi connectivity index (χ4n) is 3.55. The van der Waals surface area contributed by atoms with E-state index < -0.39 is 21.3 Å². The van der Waals surface area contributed by atoms with Gasteiger partial charge in [0.05, 0.1) is 4.90 Å². The fourth-order valence-corrected chi connectivity index (χ4v) is 5.11. The molecule has 7 heteroatoms. The maximum absolute atomic E-state index is 13.2. The normalized spacial score (nSPS) is 11.4. The highest BCUT2D eigenvalue weighted by molar-refractivity contribution is 7.91. The number of aryl methyl sites for hydroxylation is 5. The molecule has 0 fully saturated rings. The Labute approximate surface area is 182 Å². The molecule has 0 aliphatic rings. The van der Waals surface area contributed by atoms with Crippen molar-refractivity contribution in [2.24, 2.45) is 0 Å². The van der Waals surface area contributed by atoms with Crippen molar-refractivity contribution in [2.45, 2.75) is 51.0 Å². The highest BCUT2D eigenvalue weighted by Crippen LogP contribution is 2.22. The quantitative estimate of drug-likeness (QED) is 0.655. The summed E-state index contributed by atoms with van der Waals surface area (Å²) in [6.45, 7) is 8.70. The molecule has 31 heavy (non-hydrogen) atoms. The third-order valence-corrected chi connectivity index (χ3v) is 7.13. The number of benzene rings is 2. The maximum Gasteiger partial charge on any atom is 0.270 e. The van der Waals surface area contributed by atoms with Gasteiger partial charge in [0, 0.05) is 11.4 Å². The van der Waals surface area contributed by atoms with Crippen LogP contribution in [0.25, 0.3) is 0 Å². The molecule has 0 radical (unpaired) electrons. The van der Waals surface area contributed by atoms with Gasteiger partial charge in [0.25, 0.3) is 5.56 Å². The first-order chi connectivity index (χ1) is 14.5. The Bertz CT molecular complexity index is 1320. The lowest BCUT2D eigenvalue weighted by Crippen LogP contribution is -2.33. The summed E-state index contributed by atoms with van der Waals surface area (Å²) in [7, 11) is -4.03. The van der Waals surface area contributed by atoms with Gasteiger partial charge in [-0.3, -0.25) is 9.59 Å². The summed E-state index contributed by atoms with van der Waals surface area (Å²) in [4.78, 5) is 25.6. The zero-order valence-electron chi connectivity index (χ0n) is 18.3. The lowest BCUT2D eigenvalue weighted by molar-refractivity contribution is -0.116. The largest absolute Gasteiger partial charge is 0.324 e. The van der Waals surface area contributed by atoms with Gasteiger partial charge in [-0.15, -0.1) is 0 Å². The zero-order chi connectivity index (χ0) is 22.9. The van der Waals surface area contributed by atoms with Gasteiger partial charge in [0.1, 0.15) is 11.4 Å². The molecular weight excluding hydrogens is 412 g/mol. The van der Waals surface area contributed by atoms with E-state index in [1.807, 2.05) is 32.9 Å². The van der Waals surface area contributed by atoms with E-state index in [9.17, 15) is 18.0 Å². The summed E-state index contributed by atoms with van der Waals surface area (Å²) >= 11 is 0. The van der Waals surface area contributed by atoms with Crippen LogP contribution in [0.2, 0.25) is 0 Å². The van der Waals surface area contributed by atoms with Crippen LogP contribution in [0.1, 0.15) is 27.9 Å². The number of hydrogen-bond acceptors (Lipinski definition) is 4. The van der Waals surface area contributed by atoms with Crippen LogP contribution >= 0.6 is 0 Å². The molecule has 162 valence electrons. The van der Waals surface area contributed by atoms with Crippen LogP contribution < -0.4 is 10.9 Å². The second-order valence-corrected chi connectivity index (χ2v) is 9.76. The number of nitrogens with zero attached hydrogens (tertiary/aromatic N) is 1. The number of carbonyl (C=O) groups is 1. The van der Waals surface area contributed by atoms with Crippen LogP contribution in [0.3, 0.4) is 0 Å². The molecule has 0 bridgehead atoms. The second-order valence-electron chi connectivity index (χ2n) is 7.87. The first-order valence-corrected chi connectivity index (χ1v) is 11.4. The molecular formula is C24H26N2O4S. The number of amides is 1. The molecule has 1 N–H and O–H groups in total. The molecule has 1 aromatic heterocycles. The SMILES string of the molecule is Cc1ccc(S(=O)(=O)c2c(C)cc(C)n(CC(=O)Nc3ccc(C)cc3C)c2=O)cc1. The third kappa shape index (κ3) is 4.61. The molecule has 3 rings (SSSR count). The van der Waals surface area contributed by atoms with Crippen LogP contribution in [0.4, 0.5) is 5.69 Å². The van der Waals surface area contributed by atoms with Gasteiger partial charge in [-0.05, 0) is 70.0 Å². The van der Waals surface area contributed by atoms with E-state index in [-0.39, 0.29) is 16.3 Å². The van der Waals surface area contributed by atoms with E-state index in [2.05, 4.69) is 5.32 Å². The number of anilines is 1. The van der Waals surface area contributed by atoms with Crippen LogP contribution in [-0.4, -0.2) is 18.9 Å². The van der Waals surface area contributed by atoms with Crippen LogP contribution in [0.15, 0.2) is 63.1 Å². The summed E-state index contributed by atoms with van der Waals surface area (Å²) in [5.41, 5.74) is 3.72. The Kier molecular flexibility index (Phi) is 6.18. The predicted molar refractivity (Wildman–Crippen MR) is 121 cm³/mol. The van der Waals surface area contributed by atoms with Crippen molar-refractivity contribution >= 4 is 21.4 Å². The van der Waals surface area contributed by atoms with Gasteiger partial charge in [0.15, 0.2) is 0 Å². The van der Waals surface area contributed by atoms with Crippen molar-refractivity contribution in [3.05, 3.63) is 86.8 Å². The number of nitrogens with one attached hydrogen (secondary N) is 1. The molecule has 0 aliphatic heterocycles. The minimum Gasteiger partial charge on any atom is -0.324 e. The van der Waals surface area contributed by atoms with Crippen LogP contribution in [0.5, 0.6) is 0 Å². The lowest BCUT2D eigenvalue weighted by Gasteiger charge is -2.15. The van der Waals surface area contributed by atoms with E-state index in [0.29, 0.717) is 16.9 Å². The second kappa shape index (κ2) is 8.51. The molecule has 2 aromatic carbocycles. The highest BCUT2D eigenvalue weighted by Gasteiger charge is 2.26. The first kappa shape index (κ1) is 22.5. The number of aromatic nitrogens is 1. The third-order valence-electron chi connectivity index (χ3n) is 5.21.